The van der Waals surface area contributed by atoms with Crippen molar-refractivity contribution in [3.63, 3.8) is 0 Å². The van der Waals surface area contributed by atoms with Gasteiger partial charge in [0.15, 0.2) is 0 Å². The van der Waals surface area contributed by atoms with E-state index >= 15 is 0 Å². The van der Waals surface area contributed by atoms with Gasteiger partial charge in [-0.25, -0.2) is 0 Å². The molecule has 45 heavy (non-hydrogen) atoms. The van der Waals surface area contributed by atoms with E-state index in [1.807, 2.05) is 0 Å². The third-order valence-electron chi connectivity index (χ3n) is 46.2. The van der Waals surface area contributed by atoms with Crippen LogP contribution in [0.1, 0.15) is 16.7 Å². The molecule has 0 aromatic heterocycles. The van der Waals surface area contributed by atoms with Gasteiger partial charge in [-0.1, -0.05) is 0 Å². The van der Waals surface area contributed by atoms with Crippen molar-refractivity contribution in [3.8, 4) is 35.5 Å². The van der Waals surface area contributed by atoms with E-state index in [0.717, 1.165) is 12.9 Å². The third-order valence-corrected chi connectivity index (χ3v) is 173. The Hall–Kier alpha value is -0.542. The molecule has 30 heterocycles. The van der Waals surface area contributed by atoms with Crippen LogP contribution in [0.25, 0.3) is 0 Å². The summed E-state index contributed by atoms with van der Waals surface area (Å²) in [6.45, 7) is -9.46. The monoisotopic (exact) mass is 702 g/mol. The van der Waals surface area contributed by atoms with Crippen molar-refractivity contribution in [1.82, 2.24) is 0 Å². The second-order valence-corrected chi connectivity index (χ2v) is 102. The van der Waals surface area contributed by atoms with Crippen molar-refractivity contribution in [2.75, 3.05) is 0 Å². The van der Waals surface area contributed by atoms with E-state index in [1.165, 1.54) is 147 Å². The zero-order valence-corrected chi connectivity index (χ0v) is 27.7. The molecule has 3 spiro atoms. The topological polar surface area (TPSA) is 0 Å². The Morgan fingerprint density at radius 1 is 0.311 bits per heavy atom. The van der Waals surface area contributed by atoms with Crippen LogP contribution < -0.4 is 0 Å². The fourth-order valence-electron chi connectivity index (χ4n) is 50.9. The summed E-state index contributed by atoms with van der Waals surface area (Å²) in [4.78, 5) is 36.9. The standard InChI is InChI=1S/C27H15.3C5H5.3Fe/c1-2-8-22(7-1)13-16-25-19-26(17-14-23-9-3-4-10-23)21-27(20-25)18-15-24-11-5-6-12-24;3*1-2-4-5-3-1;;;/h1-12,19-21H;3*1-5H;;;. The molecule has 30 fully saturated rings. The van der Waals surface area contributed by atoms with E-state index in [9.17, 15) is 0 Å². The van der Waals surface area contributed by atoms with Crippen LogP contribution in [-0.2, 0) is 19.5 Å². The molecule has 30 saturated heterocycles. The first-order chi connectivity index (χ1) is 21.4. The molecule has 0 radical (unpaired) electrons. The van der Waals surface area contributed by atoms with Gasteiger partial charge in [-0.15, -0.1) is 0 Å². The molecular formula is C42H30Fe3. The van der Waals surface area contributed by atoms with Gasteiger partial charge in [0.1, 0.15) is 0 Å². The minimum absolute atomic E-state index is 0.721. The molecule has 12 unspecified atom stereocenters. The molecule has 3 heteroatoms. The molecule has 222 valence electrons. The van der Waals surface area contributed by atoms with E-state index in [4.69, 9.17) is 0 Å². The number of rotatable bonds is 0. The van der Waals surface area contributed by atoms with E-state index in [1.54, 1.807) is 0 Å². The Labute approximate surface area is 231 Å². The van der Waals surface area contributed by atoms with Crippen molar-refractivity contribution in [2.24, 2.45) is 0 Å². The van der Waals surface area contributed by atoms with Gasteiger partial charge in [-0.2, -0.15) is 0 Å². The Bertz CT molecular complexity index is 3450. The van der Waals surface area contributed by atoms with Crippen molar-refractivity contribution in [3.05, 3.63) is 34.9 Å². The van der Waals surface area contributed by atoms with Crippen LogP contribution in [0, 0.1) is 35.5 Å². The second kappa shape index (κ2) is 1.24. The molecule has 31 rings (SSSR count). The summed E-state index contributed by atoms with van der Waals surface area (Å²) in [6, 6.07) is 7.56. The number of fused-ring (bicyclic) bond motifs is 30. The first kappa shape index (κ1) is 15.1. The average molecular weight is 702 g/mol. The zero-order valence-electron chi connectivity index (χ0n) is 24.4. The molecule has 12 atom stereocenters. The number of benzene rings is 1. The third kappa shape index (κ3) is 0.167. The minimum atomic E-state index is -3.15. The Morgan fingerprint density at radius 2 is 0.511 bits per heavy atom. The van der Waals surface area contributed by atoms with Crippen LogP contribution in [-0.4, -0.2) is 0 Å². The van der Waals surface area contributed by atoms with Gasteiger partial charge in [0.2, 0.25) is 0 Å². The molecule has 1 aromatic rings. The fraction of sp³-hybridized carbons (Fsp3) is 0.714. The van der Waals surface area contributed by atoms with Gasteiger partial charge in [0, 0.05) is 0 Å². The molecule has 0 bridgehead atoms. The predicted molar refractivity (Wildman–Crippen MR) is 156 cm³/mol. The van der Waals surface area contributed by atoms with Crippen molar-refractivity contribution >= 4 is 0 Å². The van der Waals surface area contributed by atoms with Crippen molar-refractivity contribution < 1.29 is 19.5 Å². The van der Waals surface area contributed by atoms with Gasteiger partial charge in [-0.3, -0.25) is 0 Å². The number of hydrogen-bond acceptors (Lipinski definition) is 0. The summed E-state index contributed by atoms with van der Waals surface area (Å²) in [5, 5.41) is 0. The molecule has 30 aliphatic rings. The quantitative estimate of drug-likeness (QED) is 0.187. The summed E-state index contributed by atoms with van der Waals surface area (Å²) in [6.07, 6.45) is 0. The summed E-state index contributed by atoms with van der Waals surface area (Å²) < 4.78 is 2.16. The normalized spacial score (nSPS) is 133. The van der Waals surface area contributed by atoms with E-state index in [0.29, 0.717) is 0 Å². The van der Waals surface area contributed by atoms with Gasteiger partial charge < -0.3 is 0 Å². The number of hydrogen-bond donors (Lipinski definition) is 0. The Morgan fingerprint density at radius 3 is 0.644 bits per heavy atom. The SMILES string of the molecule is C(#C[C]12[CH]3[CH]4[CH]5[CH]1[Fe]45321678[CH]2[CH]1[CH]6[CH]7[CH]28)c1cc(C#C[C]23[CH]4[CH]5[CH]6[CH]2[Fe]56432789[CH]3[CH]2[CH]7[CH]8[CH]39)cc(C#C[C]23[CH]4[CH]5[CH]6[CH]2[Fe]56432789[CH]3[CH]2[CH]7[CH]8[CH]39)c1. The maximum atomic E-state index is 4.38. The van der Waals surface area contributed by atoms with Crippen LogP contribution in [0.15, 0.2) is 18.2 Å². The molecule has 0 N–H and O–H groups in total. The van der Waals surface area contributed by atoms with Gasteiger partial charge in [-0.05, 0) is 0 Å². The first-order valence-electron chi connectivity index (χ1n) is 19.8. The van der Waals surface area contributed by atoms with Crippen LogP contribution >= 0.6 is 0 Å². The molecule has 30 aliphatic heterocycles. The predicted octanol–water partition coefficient (Wildman–Crippen LogP) is 11.0. The van der Waals surface area contributed by atoms with Gasteiger partial charge in [0.25, 0.3) is 0 Å². The summed E-state index contributed by atoms with van der Waals surface area (Å²) in [5.74, 6) is 25.4. The van der Waals surface area contributed by atoms with E-state index < -0.39 is 19.5 Å². The molecule has 0 aliphatic carbocycles. The summed E-state index contributed by atoms with van der Waals surface area (Å²) in [5.41, 5.74) is 4.08. The molecule has 0 amide bonds. The first-order valence-corrected chi connectivity index (χ1v) is 38.6. The van der Waals surface area contributed by atoms with Gasteiger partial charge in [0.05, 0.1) is 0 Å². The Balaban J connectivity index is 0.704. The summed E-state index contributed by atoms with van der Waals surface area (Å²) >= 11 is 0. The molecular weight excluding hydrogens is 672 g/mol. The maximum absolute atomic E-state index is 4.38. The molecule has 1 aromatic carbocycles. The van der Waals surface area contributed by atoms with Crippen LogP contribution in [0.2, 0.25) is 143 Å². The summed E-state index contributed by atoms with van der Waals surface area (Å²) in [7, 11) is 0. The van der Waals surface area contributed by atoms with Crippen LogP contribution in [0.5, 0.6) is 0 Å². The van der Waals surface area contributed by atoms with E-state index in [2.05, 4.69) is 53.7 Å². The fourth-order valence-corrected chi connectivity index (χ4v) is 270. The van der Waals surface area contributed by atoms with Crippen LogP contribution in [0.3, 0.4) is 0 Å². The van der Waals surface area contributed by atoms with Crippen molar-refractivity contribution in [2.45, 2.75) is 143 Å². The van der Waals surface area contributed by atoms with Gasteiger partial charge >= 0.3 is 233 Å². The van der Waals surface area contributed by atoms with Crippen molar-refractivity contribution in [1.29, 1.82) is 0 Å². The average Bonchev–Trinajstić information content (AvgIpc) is 3.77. The van der Waals surface area contributed by atoms with Crippen LogP contribution in [0.4, 0.5) is 0 Å². The second-order valence-electron chi connectivity index (χ2n) is 31.6. The Kier molecular flexibility index (Phi) is 0.417. The molecule has 0 nitrogen and oxygen atoms in total. The zero-order chi connectivity index (χ0) is 26.1. The van der Waals surface area contributed by atoms with E-state index in [-0.39, 0.29) is 0 Å². The molecule has 0 saturated carbocycles.